The second-order valence-corrected chi connectivity index (χ2v) is 7.38. The lowest BCUT2D eigenvalue weighted by atomic mass is 9.89. The highest BCUT2D eigenvalue weighted by molar-refractivity contribution is 5.83. The summed E-state index contributed by atoms with van der Waals surface area (Å²) in [6.07, 6.45) is -3.75. The van der Waals surface area contributed by atoms with Crippen LogP contribution in [0.15, 0.2) is 27.4 Å². The molecule has 2 saturated heterocycles. The molecule has 2 unspecified atom stereocenters. The number of carbonyl (C=O) groups excluding carboxylic acids is 1. The predicted octanol–water partition coefficient (Wildman–Crippen LogP) is 2.12. The third-order valence-corrected chi connectivity index (χ3v) is 5.09. The molecule has 0 amide bonds. The number of carbonyl (C=O) groups is 1. The first-order valence-electron chi connectivity index (χ1n) is 8.79. The molecule has 9 heteroatoms. The summed E-state index contributed by atoms with van der Waals surface area (Å²) in [4.78, 5) is 23.5. The van der Waals surface area contributed by atoms with E-state index in [-0.39, 0.29) is 5.69 Å². The molecular weight excluding hydrogens is 370 g/mol. The highest BCUT2D eigenvalue weighted by Gasteiger charge is 2.58. The van der Waals surface area contributed by atoms with E-state index in [0.717, 1.165) is 0 Å². The number of ether oxygens (including phenoxy) is 5. The molecule has 4 atom stereocenters. The van der Waals surface area contributed by atoms with Crippen molar-refractivity contribution >= 4 is 22.8 Å². The Balaban J connectivity index is 1.70. The summed E-state index contributed by atoms with van der Waals surface area (Å²) in [5, 5.41) is 0.666. The summed E-state index contributed by atoms with van der Waals surface area (Å²) in [5.41, 5.74) is 5.17. The van der Waals surface area contributed by atoms with Gasteiger partial charge in [-0.1, -0.05) is 0 Å². The molecule has 2 fully saturated rings. The molecule has 2 aliphatic heterocycles. The first-order chi connectivity index (χ1) is 13.2. The molecule has 9 nitrogen and oxygen atoms in total. The number of anilines is 1. The zero-order chi connectivity index (χ0) is 20.2. The number of hydrogen-bond acceptors (Lipinski definition) is 9. The Morgan fingerprint density at radius 1 is 1.14 bits per heavy atom. The fourth-order valence-electron chi connectivity index (χ4n) is 3.74. The minimum Gasteiger partial charge on any atom is -0.460 e. The van der Waals surface area contributed by atoms with E-state index in [0.29, 0.717) is 22.3 Å². The summed E-state index contributed by atoms with van der Waals surface area (Å²) < 4.78 is 33.4. The first-order valence-corrected chi connectivity index (χ1v) is 8.79. The SMILES string of the molecule is COC1C2OC(=O)O[C@@H]2[C@H](Oc2ccc3cc(N)c(=O)oc3c2C)OC1(C)C. The molecule has 0 bridgehead atoms. The van der Waals surface area contributed by atoms with Gasteiger partial charge >= 0.3 is 11.8 Å². The van der Waals surface area contributed by atoms with Gasteiger partial charge in [-0.15, -0.1) is 0 Å². The number of aryl methyl sites for hydroxylation is 1. The van der Waals surface area contributed by atoms with E-state index < -0.39 is 42.0 Å². The average Bonchev–Trinajstić information content (AvgIpc) is 3.00. The minimum absolute atomic E-state index is 0.0291. The van der Waals surface area contributed by atoms with Crippen LogP contribution in [0.2, 0.25) is 0 Å². The van der Waals surface area contributed by atoms with Crippen LogP contribution in [0.25, 0.3) is 11.0 Å². The van der Waals surface area contributed by atoms with Crippen molar-refractivity contribution in [1.82, 2.24) is 0 Å². The smallest absolute Gasteiger partial charge is 0.460 e. The molecule has 0 saturated carbocycles. The second-order valence-electron chi connectivity index (χ2n) is 7.38. The van der Waals surface area contributed by atoms with E-state index in [4.69, 9.17) is 33.8 Å². The Morgan fingerprint density at radius 2 is 1.86 bits per heavy atom. The zero-order valence-electron chi connectivity index (χ0n) is 15.9. The van der Waals surface area contributed by atoms with Gasteiger partial charge in [0.15, 0.2) is 6.10 Å². The van der Waals surface area contributed by atoms with Crippen LogP contribution < -0.4 is 16.1 Å². The lowest BCUT2D eigenvalue weighted by molar-refractivity contribution is -0.282. The molecule has 0 radical (unpaired) electrons. The maximum absolute atomic E-state index is 11.8. The third kappa shape index (κ3) is 2.87. The molecule has 28 heavy (non-hydrogen) atoms. The van der Waals surface area contributed by atoms with Crippen molar-refractivity contribution in [1.29, 1.82) is 0 Å². The van der Waals surface area contributed by atoms with Gasteiger partial charge in [0.25, 0.3) is 0 Å². The van der Waals surface area contributed by atoms with Gasteiger partial charge in [0, 0.05) is 18.1 Å². The number of nitrogens with two attached hydrogens (primary N) is 1. The second kappa shape index (κ2) is 6.39. The van der Waals surface area contributed by atoms with Gasteiger partial charge in [-0.05, 0) is 39.0 Å². The van der Waals surface area contributed by atoms with Crippen LogP contribution in [0, 0.1) is 6.92 Å². The maximum atomic E-state index is 11.8. The largest absolute Gasteiger partial charge is 0.509 e. The van der Waals surface area contributed by atoms with Crippen LogP contribution in [-0.4, -0.2) is 43.5 Å². The van der Waals surface area contributed by atoms with Gasteiger partial charge in [0.2, 0.25) is 12.4 Å². The standard InChI is InChI=1S/C19H21NO8/c1-8-11(6-5-9-7-10(20)16(21)25-12(8)9)24-17-14-13(26-18(22)27-14)15(23-4)19(2,3)28-17/h5-7,13-15,17H,20H2,1-4H3/t13?,14-,15?,17+/m0/s1. The first kappa shape index (κ1) is 18.6. The molecule has 1 aromatic carbocycles. The highest BCUT2D eigenvalue weighted by Crippen LogP contribution is 2.39. The molecule has 4 rings (SSSR count). The van der Waals surface area contributed by atoms with E-state index >= 15 is 0 Å². The van der Waals surface area contributed by atoms with Crippen LogP contribution >= 0.6 is 0 Å². The van der Waals surface area contributed by atoms with Crippen LogP contribution in [-0.2, 0) is 18.9 Å². The van der Waals surface area contributed by atoms with Crippen molar-refractivity contribution in [3.05, 3.63) is 34.2 Å². The van der Waals surface area contributed by atoms with Crippen LogP contribution in [0.4, 0.5) is 10.5 Å². The van der Waals surface area contributed by atoms with Gasteiger partial charge < -0.3 is 33.8 Å². The Morgan fingerprint density at radius 3 is 2.57 bits per heavy atom. The monoisotopic (exact) mass is 391 g/mol. The normalized spacial score (nSPS) is 28.5. The molecule has 3 heterocycles. The van der Waals surface area contributed by atoms with Gasteiger partial charge in [0.1, 0.15) is 23.1 Å². The van der Waals surface area contributed by atoms with E-state index in [1.807, 2.05) is 13.8 Å². The summed E-state index contributed by atoms with van der Waals surface area (Å²) in [6, 6.07) is 4.98. The molecular formula is C19H21NO8. The molecule has 0 spiro atoms. The van der Waals surface area contributed by atoms with Crippen molar-refractivity contribution in [3.63, 3.8) is 0 Å². The third-order valence-electron chi connectivity index (χ3n) is 5.09. The zero-order valence-corrected chi connectivity index (χ0v) is 15.9. The topological polar surface area (TPSA) is 119 Å². The molecule has 150 valence electrons. The number of nitrogen functional groups attached to an aromatic ring is 1. The van der Waals surface area contributed by atoms with Gasteiger partial charge in [-0.25, -0.2) is 9.59 Å². The summed E-state index contributed by atoms with van der Waals surface area (Å²) in [6.45, 7) is 5.38. The van der Waals surface area contributed by atoms with Gasteiger partial charge in [0.05, 0.1) is 5.60 Å². The molecule has 2 aliphatic rings. The average molecular weight is 391 g/mol. The van der Waals surface area contributed by atoms with Crippen molar-refractivity contribution in [2.24, 2.45) is 0 Å². The summed E-state index contributed by atoms with van der Waals surface area (Å²) in [7, 11) is 1.52. The maximum Gasteiger partial charge on any atom is 0.509 e. The Labute approximate surface area is 160 Å². The lowest BCUT2D eigenvalue weighted by Gasteiger charge is -2.45. The van der Waals surface area contributed by atoms with E-state index in [1.54, 1.807) is 25.1 Å². The van der Waals surface area contributed by atoms with Gasteiger partial charge in [-0.3, -0.25) is 0 Å². The minimum atomic E-state index is -0.936. The Kier molecular flexibility index (Phi) is 4.24. The number of methoxy groups -OCH3 is 1. The molecule has 2 aromatic rings. The molecule has 0 aliphatic carbocycles. The number of benzene rings is 1. The van der Waals surface area contributed by atoms with E-state index in [1.165, 1.54) is 7.11 Å². The van der Waals surface area contributed by atoms with Crippen LogP contribution in [0.5, 0.6) is 5.75 Å². The van der Waals surface area contributed by atoms with Crippen molar-refractivity contribution in [2.75, 3.05) is 12.8 Å². The molecule has 2 N–H and O–H groups in total. The predicted molar refractivity (Wildman–Crippen MR) is 97.2 cm³/mol. The highest BCUT2D eigenvalue weighted by atomic mass is 16.8. The lowest BCUT2D eigenvalue weighted by Crippen LogP contribution is -2.62. The van der Waals surface area contributed by atoms with Crippen LogP contribution in [0.1, 0.15) is 19.4 Å². The van der Waals surface area contributed by atoms with E-state index in [9.17, 15) is 9.59 Å². The Hall–Kier alpha value is -2.78. The van der Waals surface area contributed by atoms with Crippen molar-refractivity contribution in [2.45, 2.75) is 51.0 Å². The van der Waals surface area contributed by atoms with Crippen molar-refractivity contribution < 1.29 is 32.9 Å². The fraction of sp³-hybridized carbons (Fsp3) is 0.474. The number of fused-ring (bicyclic) bond motifs is 2. The number of hydrogen-bond donors (Lipinski definition) is 1. The van der Waals surface area contributed by atoms with Crippen molar-refractivity contribution in [3.8, 4) is 5.75 Å². The van der Waals surface area contributed by atoms with Crippen LogP contribution in [0.3, 0.4) is 0 Å². The number of rotatable bonds is 3. The summed E-state index contributed by atoms with van der Waals surface area (Å²) in [5.74, 6) is 0.416. The molecule has 1 aromatic heterocycles. The fourth-order valence-corrected chi connectivity index (χ4v) is 3.74. The van der Waals surface area contributed by atoms with Gasteiger partial charge in [-0.2, -0.15) is 0 Å². The Bertz CT molecular complexity index is 997. The summed E-state index contributed by atoms with van der Waals surface area (Å²) >= 11 is 0. The quantitative estimate of drug-likeness (QED) is 0.619. The van der Waals surface area contributed by atoms with E-state index in [2.05, 4.69) is 0 Å².